The maximum absolute atomic E-state index is 13.3. The van der Waals surface area contributed by atoms with Gasteiger partial charge in [-0.05, 0) is 272 Å². The van der Waals surface area contributed by atoms with Gasteiger partial charge in [0.2, 0.25) is 0 Å². The van der Waals surface area contributed by atoms with Gasteiger partial charge in [0.25, 0.3) is 0 Å². The second-order valence-corrected chi connectivity index (χ2v) is 36.8. The van der Waals surface area contributed by atoms with Crippen LogP contribution in [0.2, 0.25) is 25.1 Å². The van der Waals surface area contributed by atoms with Gasteiger partial charge in [-0.1, -0.05) is 58.0 Å². The first-order valence-corrected chi connectivity index (χ1v) is 40.6. The molecule has 4 aromatic heterocycles. The number of nitrogens with one attached hydrogen (secondary N) is 8. The molecule has 0 spiro atoms. The van der Waals surface area contributed by atoms with Crippen LogP contribution < -0.4 is 72.6 Å². The molecule has 12 rings (SSSR count). The fourth-order valence-electron chi connectivity index (χ4n) is 12.8. The Morgan fingerprint density at radius 3 is 1.13 bits per heavy atom. The summed E-state index contributed by atoms with van der Waals surface area (Å²) in [5, 5.41) is 28.5. The number of hydrogen-bond donors (Lipinski definition) is 8. The summed E-state index contributed by atoms with van der Waals surface area (Å²) in [6, 6.07) is 41.7. The number of aromatic nitrogens is 4. The normalized spacial score (nSPS) is 12.3. The second kappa shape index (κ2) is 38.2. The summed E-state index contributed by atoms with van der Waals surface area (Å²) in [6.07, 6.45) is 1.77. The number of pyridine rings is 4. The van der Waals surface area contributed by atoms with Gasteiger partial charge in [-0.2, -0.15) is 0 Å². The molecule has 113 heavy (non-hydrogen) atoms. The summed E-state index contributed by atoms with van der Waals surface area (Å²) < 4.78 is 27.8. The SMILES string of the molecule is CC(C)(C)NCCCOc1ccc2c(=O)c3cc(Cl)cc(Cl)c3n(CCCNC(C)(C)C)c2c1.CC(C)(C)NCCOc1ccc2[nH]c3cc(Cl)ccc3c(=O)c2c1.CC(C)(C)NCCOc1ccc2c(=O)c3ccc(Cl)cc3[nH]c2c1.CC(C)(C)NCCOc1ccc2c(=O)c3ccc(Cl)cc3n(CCNC(C)(C)C)c2c1. The van der Waals surface area contributed by atoms with Crippen molar-refractivity contribution < 1.29 is 18.9 Å². The Morgan fingerprint density at radius 2 is 0.637 bits per heavy atom. The van der Waals surface area contributed by atoms with E-state index in [1.54, 1.807) is 66.7 Å². The van der Waals surface area contributed by atoms with Gasteiger partial charge in [0, 0.05) is 154 Å². The van der Waals surface area contributed by atoms with Gasteiger partial charge < -0.3 is 70.0 Å². The van der Waals surface area contributed by atoms with Crippen LogP contribution in [0.5, 0.6) is 23.0 Å². The minimum Gasteiger partial charge on any atom is -0.493 e. The maximum Gasteiger partial charge on any atom is 0.197 e. The Bertz CT molecular complexity index is 5580. The molecule has 0 saturated carbocycles. The highest BCUT2D eigenvalue weighted by Gasteiger charge is 2.20. The second-order valence-electron chi connectivity index (χ2n) is 34.6. The predicted molar refractivity (Wildman–Crippen MR) is 478 cm³/mol. The van der Waals surface area contributed by atoms with Crippen LogP contribution in [-0.2, 0) is 13.1 Å². The van der Waals surface area contributed by atoms with Gasteiger partial charge in [0.15, 0.2) is 21.7 Å². The number of halogens is 5. The highest BCUT2D eigenvalue weighted by Crippen LogP contribution is 2.33. The van der Waals surface area contributed by atoms with Gasteiger partial charge in [0.1, 0.15) is 42.8 Å². The van der Waals surface area contributed by atoms with Crippen molar-refractivity contribution >= 4 is 145 Å². The molecule has 4 heterocycles. The van der Waals surface area contributed by atoms with Crippen molar-refractivity contribution in [1.29, 1.82) is 0 Å². The fraction of sp³-hybridized carbons (Fsp3) is 0.422. The Balaban J connectivity index is 0.000000175. The number of benzene rings is 8. The molecule has 0 bridgehead atoms. The van der Waals surface area contributed by atoms with Crippen LogP contribution in [-0.4, -0.2) is 118 Å². The molecule has 0 saturated heterocycles. The molecule has 0 aliphatic carbocycles. The topological polar surface area (TPSA) is 219 Å². The highest BCUT2D eigenvalue weighted by atomic mass is 35.5. The van der Waals surface area contributed by atoms with Crippen molar-refractivity contribution in [3.8, 4) is 23.0 Å². The summed E-state index contributed by atoms with van der Waals surface area (Å²) in [5.41, 5.74) is 6.46. The average Bonchev–Trinajstić information content (AvgIpc) is 0.715. The Kier molecular flexibility index (Phi) is 30.1. The first-order valence-electron chi connectivity index (χ1n) is 38.7. The molecule has 606 valence electrons. The third-order valence-electron chi connectivity index (χ3n) is 18.0. The minimum atomic E-state index is -0.0700. The van der Waals surface area contributed by atoms with Gasteiger partial charge in [-0.25, -0.2) is 0 Å². The highest BCUT2D eigenvalue weighted by molar-refractivity contribution is 6.38. The number of ether oxygens (including phenoxy) is 4. The van der Waals surface area contributed by atoms with Gasteiger partial charge in [-0.3, -0.25) is 19.2 Å². The van der Waals surface area contributed by atoms with Crippen molar-refractivity contribution in [2.45, 2.75) is 184 Å². The van der Waals surface area contributed by atoms with Crippen molar-refractivity contribution in [3.05, 3.63) is 206 Å². The number of H-pyrrole nitrogens is 2. The van der Waals surface area contributed by atoms with E-state index in [4.69, 9.17) is 77.0 Å². The van der Waals surface area contributed by atoms with Crippen LogP contribution in [0.3, 0.4) is 0 Å². The lowest BCUT2D eigenvalue weighted by atomic mass is 10.1. The summed E-state index contributed by atoms with van der Waals surface area (Å²) in [6.45, 7) is 46.8. The third-order valence-corrected chi connectivity index (χ3v) is 19.2. The predicted octanol–water partition coefficient (Wildman–Crippen LogP) is 19.6. The van der Waals surface area contributed by atoms with E-state index in [1.165, 1.54) is 0 Å². The summed E-state index contributed by atoms with van der Waals surface area (Å²) in [7, 11) is 0. The van der Waals surface area contributed by atoms with E-state index in [1.807, 2.05) is 72.8 Å². The van der Waals surface area contributed by atoms with Crippen molar-refractivity contribution in [2.75, 3.05) is 65.7 Å². The molecule has 0 atom stereocenters. The number of aromatic amines is 2. The zero-order valence-electron chi connectivity index (χ0n) is 68.7. The maximum atomic E-state index is 13.3. The van der Waals surface area contributed by atoms with Gasteiger partial charge in [-0.15, -0.1) is 0 Å². The average molecular weight is 1640 g/mol. The van der Waals surface area contributed by atoms with E-state index in [0.717, 1.165) is 108 Å². The smallest absolute Gasteiger partial charge is 0.197 e. The molecule has 8 aromatic carbocycles. The van der Waals surface area contributed by atoms with Crippen LogP contribution in [0, 0.1) is 0 Å². The molecule has 0 aliphatic rings. The first-order chi connectivity index (χ1) is 53.0. The van der Waals surface area contributed by atoms with E-state index >= 15 is 0 Å². The van der Waals surface area contributed by atoms with Crippen LogP contribution in [0.4, 0.5) is 0 Å². The van der Waals surface area contributed by atoms with Gasteiger partial charge >= 0.3 is 0 Å². The number of rotatable bonds is 24. The lowest BCUT2D eigenvalue weighted by Gasteiger charge is -2.23. The van der Waals surface area contributed by atoms with Crippen molar-refractivity contribution in [2.24, 2.45) is 0 Å². The van der Waals surface area contributed by atoms with E-state index in [-0.39, 0.29) is 54.9 Å². The molecule has 0 unspecified atom stereocenters. The van der Waals surface area contributed by atoms with Crippen LogP contribution in [0.15, 0.2) is 159 Å². The zero-order chi connectivity index (χ0) is 82.5. The zero-order valence-corrected chi connectivity index (χ0v) is 72.5. The minimum absolute atomic E-state index is 0.00336. The lowest BCUT2D eigenvalue weighted by Crippen LogP contribution is -2.38. The van der Waals surface area contributed by atoms with E-state index in [0.29, 0.717) is 119 Å². The lowest BCUT2D eigenvalue weighted by molar-refractivity contribution is 0.291. The third kappa shape index (κ3) is 26.3. The molecule has 0 fully saturated rings. The summed E-state index contributed by atoms with van der Waals surface area (Å²) >= 11 is 31.2. The summed E-state index contributed by atoms with van der Waals surface area (Å²) in [5.74, 6) is 2.92. The number of nitrogens with zero attached hydrogens (tertiary/aromatic N) is 2. The standard InChI is InChI=1S/C27H37Cl2N3O2.C25H34ClN3O2.2C19H21ClN2O2/c1-26(2,3)30-11-7-13-32-23-17-19(34-14-8-12-31-27(4,5)6)9-10-20(23)25(33)21-15-18(28)16-22(29)24(21)32;1-24(2,3)27-11-13-29-21-15-17(26)7-9-19(21)23(30)20-10-8-18(16-22(20)29)31-14-12-28-25(4,5)6;1-19(2,3)21-8-9-24-13-5-7-16-15(11-13)18(23)14-6-4-12(20)10-17(14)22-16;1-19(2,3)21-8-9-24-13-5-7-15-17(11-13)22-16-10-12(20)4-6-14(16)18(15)23/h9-10,15-17,30-31H,7-8,11-14H2,1-6H3;7-10,15-16,27-28H,11-14H2,1-6H3;2*4-7,10-11,21H,8-9H2,1-3H3,(H,22,23). The summed E-state index contributed by atoms with van der Waals surface area (Å²) in [4.78, 5) is 58.2. The Hall–Kier alpha value is -7.95. The van der Waals surface area contributed by atoms with Crippen molar-refractivity contribution in [1.82, 2.24) is 51.0 Å². The number of hydrogen-bond acceptors (Lipinski definition) is 14. The quantitative estimate of drug-likeness (QED) is 0.0209. The molecule has 12 aromatic rings. The molecule has 0 aliphatic heterocycles. The molecular formula is C90H113Cl5N10O8. The molecule has 23 heteroatoms. The van der Waals surface area contributed by atoms with E-state index in [9.17, 15) is 19.2 Å². The fourth-order valence-corrected chi connectivity index (χ4v) is 13.9. The van der Waals surface area contributed by atoms with Crippen LogP contribution in [0.25, 0.3) is 87.2 Å². The van der Waals surface area contributed by atoms with E-state index in [2.05, 4.69) is 176 Å². The Labute approximate surface area is 688 Å². The van der Waals surface area contributed by atoms with Crippen LogP contribution in [0.1, 0.15) is 137 Å². The van der Waals surface area contributed by atoms with E-state index < -0.39 is 0 Å². The Morgan fingerprint density at radius 1 is 0.292 bits per heavy atom. The molecule has 0 amide bonds. The molecule has 18 nitrogen and oxygen atoms in total. The number of aryl methyl sites for hydroxylation is 1. The number of fused-ring (bicyclic) bond motifs is 8. The van der Waals surface area contributed by atoms with Crippen LogP contribution >= 0.6 is 58.0 Å². The molecular weight excluding hydrogens is 1530 g/mol. The first kappa shape index (κ1) is 89.0. The molecule has 0 radical (unpaired) electrons. The monoisotopic (exact) mass is 1640 g/mol. The largest absolute Gasteiger partial charge is 0.493 e. The van der Waals surface area contributed by atoms with Crippen molar-refractivity contribution in [3.63, 3.8) is 0 Å². The van der Waals surface area contributed by atoms with Gasteiger partial charge in [0.05, 0.1) is 55.8 Å². The molecule has 8 N–H and O–H groups in total.